The van der Waals surface area contributed by atoms with Gasteiger partial charge in [-0.1, -0.05) is 24.5 Å². The predicted octanol–water partition coefficient (Wildman–Crippen LogP) is 1.07. The highest BCUT2D eigenvalue weighted by atomic mass is 16.3. The molecule has 1 saturated carbocycles. The molecule has 17 heavy (non-hydrogen) atoms. The van der Waals surface area contributed by atoms with Crippen LogP contribution in [0.5, 0.6) is 0 Å². The highest BCUT2D eigenvalue weighted by molar-refractivity contribution is 4.94. The van der Waals surface area contributed by atoms with E-state index in [0.29, 0.717) is 6.42 Å². The van der Waals surface area contributed by atoms with E-state index in [1.54, 1.807) is 0 Å². The van der Waals surface area contributed by atoms with Gasteiger partial charge in [-0.25, -0.2) is 4.68 Å². The molecule has 1 aromatic rings. The fourth-order valence-electron chi connectivity index (χ4n) is 2.43. The molecule has 2 atom stereocenters. The van der Waals surface area contributed by atoms with E-state index in [1.165, 1.54) is 6.42 Å². The third-order valence-corrected chi connectivity index (χ3v) is 3.43. The second-order valence-electron chi connectivity index (χ2n) is 4.79. The van der Waals surface area contributed by atoms with E-state index in [0.717, 1.165) is 37.8 Å². The molecule has 0 bridgehead atoms. The van der Waals surface area contributed by atoms with Gasteiger partial charge < -0.3 is 10.2 Å². The van der Waals surface area contributed by atoms with Crippen molar-refractivity contribution in [1.82, 2.24) is 15.0 Å². The third kappa shape index (κ3) is 3.26. The summed E-state index contributed by atoms with van der Waals surface area (Å²) in [4.78, 5) is 0. The van der Waals surface area contributed by atoms with Crippen LogP contribution in [0, 0.1) is 0 Å². The Hall–Kier alpha value is -0.940. The second kappa shape index (κ2) is 6.12. The van der Waals surface area contributed by atoms with Crippen molar-refractivity contribution in [2.24, 2.45) is 0 Å². The van der Waals surface area contributed by atoms with Gasteiger partial charge in [0.05, 0.1) is 17.8 Å². The molecule has 1 aliphatic carbocycles. The number of aromatic nitrogens is 3. The van der Waals surface area contributed by atoms with E-state index in [9.17, 15) is 5.11 Å². The summed E-state index contributed by atoms with van der Waals surface area (Å²) in [7, 11) is 0. The van der Waals surface area contributed by atoms with E-state index in [2.05, 4.69) is 10.3 Å². The molecule has 1 aliphatic rings. The topological polar surface area (TPSA) is 71.2 Å². The van der Waals surface area contributed by atoms with Crippen LogP contribution in [0.4, 0.5) is 0 Å². The van der Waals surface area contributed by atoms with Crippen LogP contribution < -0.4 is 0 Å². The van der Waals surface area contributed by atoms with Crippen LogP contribution >= 0.6 is 0 Å². The first-order valence-electron chi connectivity index (χ1n) is 6.51. The summed E-state index contributed by atoms with van der Waals surface area (Å²) < 4.78 is 1.81. The summed E-state index contributed by atoms with van der Waals surface area (Å²) in [5.74, 6) is 0. The number of hydrogen-bond donors (Lipinski definition) is 2. The van der Waals surface area contributed by atoms with Gasteiger partial charge >= 0.3 is 0 Å². The normalized spacial score (nSPS) is 25.8. The summed E-state index contributed by atoms with van der Waals surface area (Å²) in [5.41, 5.74) is 0.899. The van der Waals surface area contributed by atoms with Crippen LogP contribution in [0.25, 0.3) is 0 Å². The molecule has 0 aliphatic heterocycles. The van der Waals surface area contributed by atoms with Gasteiger partial charge in [0.25, 0.3) is 0 Å². The van der Waals surface area contributed by atoms with Crippen molar-refractivity contribution in [1.29, 1.82) is 0 Å². The molecule has 2 rings (SSSR count). The molecule has 5 heteroatoms. The molecular formula is C12H21N3O2. The average molecular weight is 239 g/mol. The monoisotopic (exact) mass is 239 g/mol. The minimum absolute atomic E-state index is 0.0767. The van der Waals surface area contributed by atoms with Crippen LogP contribution in [0.2, 0.25) is 0 Å². The van der Waals surface area contributed by atoms with Crippen molar-refractivity contribution in [2.45, 2.75) is 57.1 Å². The number of aryl methyl sites for hydroxylation is 1. The van der Waals surface area contributed by atoms with E-state index < -0.39 is 0 Å². The Balaban J connectivity index is 2.01. The first-order valence-corrected chi connectivity index (χ1v) is 6.51. The van der Waals surface area contributed by atoms with E-state index in [4.69, 9.17) is 5.11 Å². The zero-order valence-electron chi connectivity index (χ0n) is 10.1. The molecule has 2 unspecified atom stereocenters. The largest absolute Gasteiger partial charge is 0.396 e. The smallest absolute Gasteiger partial charge is 0.0828 e. The van der Waals surface area contributed by atoms with Gasteiger partial charge in [0, 0.05) is 12.8 Å². The van der Waals surface area contributed by atoms with Gasteiger partial charge in [0.1, 0.15) is 0 Å². The van der Waals surface area contributed by atoms with Crippen LogP contribution in [0.1, 0.15) is 50.3 Å². The summed E-state index contributed by atoms with van der Waals surface area (Å²) in [6, 6.07) is 0.0767. The Morgan fingerprint density at radius 3 is 2.94 bits per heavy atom. The molecule has 2 N–H and O–H groups in total. The predicted molar refractivity (Wildman–Crippen MR) is 63.6 cm³/mol. The standard InChI is InChI=1S/C12H21N3O2/c16-8-4-5-10-9-15(14-13-10)11-6-2-1-3-7-12(11)17/h9,11-12,16-17H,1-8H2. The zero-order valence-corrected chi connectivity index (χ0v) is 10.1. The number of nitrogens with zero attached hydrogens (tertiary/aromatic N) is 3. The quantitative estimate of drug-likeness (QED) is 0.771. The van der Waals surface area contributed by atoms with Gasteiger partial charge in [0.2, 0.25) is 0 Å². The van der Waals surface area contributed by atoms with Gasteiger partial charge in [-0.05, 0) is 25.7 Å². The molecule has 0 radical (unpaired) electrons. The van der Waals surface area contributed by atoms with Gasteiger partial charge in [-0.15, -0.1) is 5.10 Å². The summed E-state index contributed by atoms with van der Waals surface area (Å²) in [5, 5.41) is 27.0. The fraction of sp³-hybridized carbons (Fsp3) is 0.833. The maximum Gasteiger partial charge on any atom is 0.0828 e. The summed E-state index contributed by atoms with van der Waals surface area (Å²) in [6.07, 6.45) is 8.35. The molecule has 0 spiro atoms. The Bertz CT molecular complexity index is 340. The lowest BCUT2D eigenvalue weighted by Gasteiger charge is -2.19. The van der Waals surface area contributed by atoms with Crippen molar-refractivity contribution in [3.05, 3.63) is 11.9 Å². The molecule has 1 aromatic heterocycles. The van der Waals surface area contributed by atoms with Crippen molar-refractivity contribution in [3.8, 4) is 0 Å². The maximum absolute atomic E-state index is 10.1. The van der Waals surface area contributed by atoms with Crippen LogP contribution in [-0.4, -0.2) is 37.9 Å². The van der Waals surface area contributed by atoms with E-state index in [-0.39, 0.29) is 18.8 Å². The lowest BCUT2D eigenvalue weighted by atomic mass is 10.1. The van der Waals surface area contributed by atoms with Crippen LogP contribution in [-0.2, 0) is 6.42 Å². The zero-order chi connectivity index (χ0) is 12.1. The highest BCUT2D eigenvalue weighted by Crippen LogP contribution is 2.26. The summed E-state index contributed by atoms with van der Waals surface area (Å²) in [6.45, 7) is 0.179. The lowest BCUT2D eigenvalue weighted by Crippen LogP contribution is -2.23. The Morgan fingerprint density at radius 1 is 1.29 bits per heavy atom. The van der Waals surface area contributed by atoms with Crippen molar-refractivity contribution < 1.29 is 10.2 Å². The lowest BCUT2D eigenvalue weighted by molar-refractivity contribution is 0.0980. The maximum atomic E-state index is 10.1. The SMILES string of the molecule is OCCCc1cn(C2CCCCCC2O)nn1. The van der Waals surface area contributed by atoms with Gasteiger partial charge in [-0.2, -0.15) is 0 Å². The third-order valence-electron chi connectivity index (χ3n) is 3.43. The Labute approximate surface area is 101 Å². The van der Waals surface area contributed by atoms with E-state index >= 15 is 0 Å². The molecule has 0 amide bonds. The van der Waals surface area contributed by atoms with E-state index in [1.807, 2.05) is 10.9 Å². The first kappa shape index (κ1) is 12.5. The summed E-state index contributed by atoms with van der Waals surface area (Å²) >= 11 is 0. The minimum Gasteiger partial charge on any atom is -0.396 e. The minimum atomic E-state index is -0.301. The highest BCUT2D eigenvalue weighted by Gasteiger charge is 2.24. The Kier molecular flexibility index (Phi) is 4.50. The second-order valence-corrected chi connectivity index (χ2v) is 4.79. The van der Waals surface area contributed by atoms with Crippen molar-refractivity contribution >= 4 is 0 Å². The van der Waals surface area contributed by atoms with Crippen molar-refractivity contribution in [2.75, 3.05) is 6.61 Å². The molecule has 1 heterocycles. The molecule has 96 valence electrons. The number of hydrogen-bond acceptors (Lipinski definition) is 4. The fourth-order valence-corrected chi connectivity index (χ4v) is 2.43. The van der Waals surface area contributed by atoms with Crippen LogP contribution in [0.3, 0.4) is 0 Å². The van der Waals surface area contributed by atoms with Gasteiger partial charge in [-0.3, -0.25) is 0 Å². The first-order chi connectivity index (χ1) is 8.31. The average Bonchev–Trinajstić information content (AvgIpc) is 2.69. The molecule has 5 nitrogen and oxygen atoms in total. The number of rotatable bonds is 4. The van der Waals surface area contributed by atoms with Crippen LogP contribution in [0.15, 0.2) is 6.20 Å². The molecule has 0 aromatic carbocycles. The van der Waals surface area contributed by atoms with Crippen molar-refractivity contribution in [3.63, 3.8) is 0 Å². The molecule has 0 saturated heterocycles. The Morgan fingerprint density at radius 2 is 2.12 bits per heavy atom. The van der Waals surface area contributed by atoms with Gasteiger partial charge in [0.15, 0.2) is 0 Å². The number of aliphatic hydroxyl groups excluding tert-OH is 2. The molecule has 1 fully saturated rings. The molecular weight excluding hydrogens is 218 g/mol. The number of aliphatic hydroxyl groups is 2.